The fourth-order valence-electron chi connectivity index (χ4n) is 7.68. The summed E-state index contributed by atoms with van der Waals surface area (Å²) in [5, 5.41) is 0. The maximum absolute atomic E-state index is 6.52. The Morgan fingerprint density at radius 2 is 1.28 bits per heavy atom. The second-order valence-electron chi connectivity index (χ2n) is 14.0. The Kier molecular flexibility index (Phi) is 9.59. The minimum Gasteiger partial charge on any atom is -0.503 e. The van der Waals surface area contributed by atoms with Gasteiger partial charge in [0.2, 0.25) is 6.71 Å². The van der Waals surface area contributed by atoms with E-state index in [1.165, 1.54) is 62.7 Å². The minimum absolute atomic E-state index is 0. The van der Waals surface area contributed by atoms with Crippen molar-refractivity contribution in [2.75, 3.05) is 0 Å². The number of benzene rings is 5. The Morgan fingerprint density at radius 1 is 0.604 bits per heavy atom. The van der Waals surface area contributed by atoms with Crippen molar-refractivity contribution in [1.82, 2.24) is 9.97 Å². The van der Waals surface area contributed by atoms with Gasteiger partial charge in [-0.2, -0.15) is 0 Å². The first kappa shape index (κ1) is 34.8. The number of para-hydroxylation sites is 2. The third-order valence-corrected chi connectivity index (χ3v) is 10.6. The van der Waals surface area contributed by atoms with Crippen molar-refractivity contribution < 1.29 is 29.6 Å². The molecule has 3 aliphatic rings. The van der Waals surface area contributed by atoms with Gasteiger partial charge in [0.05, 0.1) is 0 Å². The average Bonchev–Trinajstić information content (AvgIpc) is 3.19. The molecule has 0 spiro atoms. The van der Waals surface area contributed by atoms with Crippen LogP contribution in [0.2, 0.25) is 0 Å². The zero-order valence-corrected chi connectivity index (χ0v) is 32.4. The van der Waals surface area contributed by atoms with Gasteiger partial charge in [0.1, 0.15) is 11.5 Å². The van der Waals surface area contributed by atoms with Gasteiger partial charge in [0.15, 0.2) is 0 Å². The van der Waals surface area contributed by atoms with Crippen molar-refractivity contribution in [3.63, 3.8) is 0 Å². The van der Waals surface area contributed by atoms with E-state index in [9.17, 15) is 0 Å². The van der Waals surface area contributed by atoms with Gasteiger partial charge in [0.25, 0.3) is 0 Å². The third-order valence-electron chi connectivity index (χ3n) is 10.6. The molecule has 0 saturated carbocycles. The molecule has 0 unspecified atom stereocenters. The van der Waals surface area contributed by atoms with Crippen LogP contribution in [0, 0.1) is 32.9 Å². The van der Waals surface area contributed by atoms with Crippen molar-refractivity contribution in [1.29, 1.82) is 0 Å². The topological polar surface area (TPSA) is 44.2 Å². The summed E-state index contributed by atoms with van der Waals surface area (Å²) < 4.78 is 12.8. The smallest absolute Gasteiger partial charge is 0.239 e. The summed E-state index contributed by atoms with van der Waals surface area (Å²) in [6, 6.07) is 44.4. The van der Waals surface area contributed by atoms with E-state index in [0.29, 0.717) is 0 Å². The minimum atomic E-state index is 0. The van der Waals surface area contributed by atoms with E-state index in [1.807, 2.05) is 48.8 Å². The van der Waals surface area contributed by atoms with Gasteiger partial charge in [-0.15, -0.1) is 41.5 Å². The van der Waals surface area contributed by atoms with Crippen LogP contribution in [-0.4, -0.2) is 16.7 Å². The van der Waals surface area contributed by atoms with Gasteiger partial charge in [-0.1, -0.05) is 114 Å². The number of ether oxygens (including phenoxy) is 2. The quantitative estimate of drug-likeness (QED) is 0.131. The molecule has 6 heteroatoms. The van der Waals surface area contributed by atoms with Crippen molar-refractivity contribution in [3.8, 4) is 56.6 Å². The number of aromatic nitrogens is 2. The summed E-state index contributed by atoms with van der Waals surface area (Å²) in [7, 11) is 0. The van der Waals surface area contributed by atoms with Crippen LogP contribution < -0.4 is 25.9 Å². The Hall–Kier alpha value is -5.29. The molecular formula is C47H37BIrN2O2-2. The third kappa shape index (κ3) is 6.52. The van der Waals surface area contributed by atoms with Gasteiger partial charge in [0, 0.05) is 44.0 Å². The van der Waals surface area contributed by atoms with Crippen LogP contribution in [0.15, 0.2) is 122 Å². The maximum Gasteiger partial charge on any atom is 0.239 e. The molecule has 0 saturated heterocycles. The molecule has 7 aromatic rings. The van der Waals surface area contributed by atoms with Crippen LogP contribution in [0.5, 0.6) is 23.0 Å². The number of pyridine rings is 2. The van der Waals surface area contributed by atoms with Crippen molar-refractivity contribution in [3.05, 3.63) is 162 Å². The maximum atomic E-state index is 6.52. The molecule has 0 bridgehead atoms. The summed E-state index contributed by atoms with van der Waals surface area (Å²) in [5.41, 5.74) is 16.2. The molecule has 4 heterocycles. The van der Waals surface area contributed by atoms with E-state index in [0.717, 1.165) is 63.8 Å². The SMILES string of the molecule is Cc1cnc(-c2[c-]cc(C)c(-c3ccccc3)c2)cc1C.[Ir].[c-]1cc2c3c(c1-c1cc4c(cn1)CCCC4)Oc1ccccc1B3c1ccccc1O2. The Balaban J connectivity index is 0.000000160. The first-order valence-electron chi connectivity index (χ1n) is 18.1. The van der Waals surface area contributed by atoms with Crippen LogP contribution >= 0.6 is 0 Å². The predicted molar refractivity (Wildman–Crippen MR) is 211 cm³/mol. The number of hydrogen-bond acceptors (Lipinski definition) is 4. The van der Waals surface area contributed by atoms with E-state index in [-0.39, 0.29) is 26.8 Å². The van der Waals surface area contributed by atoms with Crippen molar-refractivity contribution in [2.45, 2.75) is 46.5 Å². The predicted octanol–water partition coefficient (Wildman–Crippen LogP) is 9.29. The summed E-state index contributed by atoms with van der Waals surface area (Å²) >= 11 is 0. The van der Waals surface area contributed by atoms with Crippen LogP contribution in [0.3, 0.4) is 0 Å². The fourth-order valence-corrected chi connectivity index (χ4v) is 7.68. The first-order valence-corrected chi connectivity index (χ1v) is 18.1. The Bertz CT molecular complexity index is 2470. The van der Waals surface area contributed by atoms with Crippen LogP contribution in [-0.2, 0) is 32.9 Å². The molecule has 0 N–H and O–H groups in total. The molecule has 261 valence electrons. The molecule has 53 heavy (non-hydrogen) atoms. The van der Waals surface area contributed by atoms with Gasteiger partial charge in [-0.25, -0.2) is 0 Å². The molecule has 0 fully saturated rings. The number of rotatable bonds is 3. The number of fused-ring (bicyclic) bond motifs is 5. The molecule has 10 rings (SSSR count). The number of hydrogen-bond donors (Lipinski definition) is 0. The van der Waals surface area contributed by atoms with Crippen molar-refractivity contribution >= 4 is 23.1 Å². The van der Waals surface area contributed by atoms with Gasteiger partial charge in [-0.3, -0.25) is 0 Å². The van der Waals surface area contributed by atoms with Crippen LogP contribution in [0.25, 0.3) is 33.6 Å². The second-order valence-corrected chi connectivity index (χ2v) is 14.0. The summed E-state index contributed by atoms with van der Waals surface area (Å²) in [4.78, 5) is 9.36. The molecule has 2 aliphatic heterocycles. The zero-order valence-electron chi connectivity index (χ0n) is 30.0. The van der Waals surface area contributed by atoms with Gasteiger partial charge < -0.3 is 19.4 Å². The molecular weight excluding hydrogens is 828 g/mol. The first-order chi connectivity index (χ1) is 25.5. The van der Waals surface area contributed by atoms with E-state index in [4.69, 9.17) is 14.5 Å². The van der Waals surface area contributed by atoms with Crippen LogP contribution in [0.4, 0.5) is 0 Å². The second kappa shape index (κ2) is 14.6. The number of nitrogens with zero attached hydrogens (tertiary/aromatic N) is 2. The monoisotopic (exact) mass is 865 g/mol. The molecule has 1 radical (unpaired) electrons. The average molecular weight is 865 g/mol. The van der Waals surface area contributed by atoms with Crippen LogP contribution in [0.1, 0.15) is 40.7 Å². The standard InChI is InChI=1S/C27H19BNO2.C20H18N.Ir/c1-2-8-18-16-29-22(15-17(18)7-1)19-13-14-25-26-27(19)31-24-12-6-4-10-21(24)28(26)20-9-3-5-11-23(20)30-25;1-14-9-10-18(20-11-15(2)16(3)13-21-20)12-19(14)17-7-5-4-6-8-17;/h3-6,9-12,14-16H,1-2,7-8H2;4-9,11-13H,1-3H3;/q2*-1;. The molecule has 1 aliphatic carbocycles. The van der Waals surface area contributed by atoms with Gasteiger partial charge >= 0.3 is 0 Å². The molecule has 4 nitrogen and oxygen atoms in total. The van der Waals surface area contributed by atoms with E-state index >= 15 is 0 Å². The zero-order chi connectivity index (χ0) is 35.2. The van der Waals surface area contributed by atoms with E-state index in [2.05, 4.69) is 111 Å². The molecule has 5 aromatic carbocycles. The summed E-state index contributed by atoms with van der Waals surface area (Å²) in [6.07, 6.45) is 8.72. The largest absolute Gasteiger partial charge is 0.503 e. The molecule has 0 amide bonds. The van der Waals surface area contributed by atoms with Gasteiger partial charge in [-0.05, 0) is 90.7 Å². The summed E-state index contributed by atoms with van der Waals surface area (Å²) in [6.45, 7) is 6.40. The molecule has 2 aromatic heterocycles. The van der Waals surface area contributed by atoms with Crippen molar-refractivity contribution in [2.24, 2.45) is 0 Å². The van der Waals surface area contributed by atoms with E-state index in [1.54, 1.807) is 0 Å². The van der Waals surface area contributed by atoms with E-state index < -0.39 is 0 Å². The molecule has 0 atom stereocenters. The normalized spacial score (nSPS) is 13.0. The Labute approximate surface area is 325 Å². The Morgan fingerprint density at radius 3 is 2.04 bits per heavy atom. The fraction of sp³-hybridized carbons (Fsp3) is 0.149. The number of aryl methyl sites for hydroxylation is 5. The summed E-state index contributed by atoms with van der Waals surface area (Å²) in [5.74, 6) is 3.42.